The largest absolute Gasteiger partial charge is 0.496 e. The van der Waals surface area contributed by atoms with Gasteiger partial charge in [-0.15, -0.1) is 0 Å². The predicted octanol–water partition coefficient (Wildman–Crippen LogP) is 1.43. The van der Waals surface area contributed by atoms with Crippen molar-refractivity contribution in [2.45, 2.75) is 25.2 Å². The smallest absolute Gasteiger partial charge is 0.178 e. The molecular formula is C12H19NO3S. The quantitative estimate of drug-likeness (QED) is 0.866. The van der Waals surface area contributed by atoms with Crippen LogP contribution in [0, 0.1) is 13.8 Å². The number of benzene rings is 1. The third kappa shape index (κ3) is 3.20. The zero-order chi connectivity index (χ0) is 13.1. The van der Waals surface area contributed by atoms with Crippen LogP contribution in [0.1, 0.15) is 17.5 Å². The third-order valence-electron chi connectivity index (χ3n) is 2.61. The topological polar surface area (TPSA) is 69.4 Å². The van der Waals surface area contributed by atoms with E-state index in [0.717, 1.165) is 16.9 Å². The number of rotatable bonds is 5. The van der Waals surface area contributed by atoms with Gasteiger partial charge in [-0.25, -0.2) is 8.42 Å². The fourth-order valence-corrected chi connectivity index (χ4v) is 3.30. The second-order valence-corrected chi connectivity index (χ2v) is 6.16. The average Bonchev–Trinajstić information content (AvgIpc) is 2.26. The predicted molar refractivity (Wildman–Crippen MR) is 68.2 cm³/mol. The molecule has 1 rings (SSSR count). The fourth-order valence-electron chi connectivity index (χ4n) is 1.80. The van der Waals surface area contributed by atoms with Crippen LogP contribution in [0.2, 0.25) is 0 Å². The van der Waals surface area contributed by atoms with E-state index in [1.165, 1.54) is 0 Å². The Hall–Kier alpha value is -1.07. The van der Waals surface area contributed by atoms with Crippen LogP contribution in [0.5, 0.6) is 5.75 Å². The zero-order valence-corrected chi connectivity index (χ0v) is 11.3. The first-order chi connectivity index (χ1) is 7.92. The van der Waals surface area contributed by atoms with E-state index in [-0.39, 0.29) is 5.75 Å². The molecule has 0 aliphatic rings. The Balaban J connectivity index is 3.16. The maximum atomic E-state index is 12.0. The first-order valence-corrected chi connectivity index (χ1v) is 7.15. The summed E-state index contributed by atoms with van der Waals surface area (Å²) in [5, 5.41) is 0. The highest BCUT2D eigenvalue weighted by Crippen LogP contribution is 2.27. The van der Waals surface area contributed by atoms with Gasteiger partial charge in [0, 0.05) is 0 Å². The highest BCUT2D eigenvalue weighted by atomic mass is 32.2. The van der Waals surface area contributed by atoms with Crippen molar-refractivity contribution < 1.29 is 13.2 Å². The minimum absolute atomic E-state index is 0.0920. The molecule has 0 heterocycles. The SMILES string of the molecule is COc1c(C)cc(S(=O)(=O)CCCN)cc1C. The number of methoxy groups -OCH3 is 1. The lowest BCUT2D eigenvalue weighted by Crippen LogP contribution is -2.12. The van der Waals surface area contributed by atoms with Crippen molar-refractivity contribution in [2.24, 2.45) is 5.73 Å². The minimum Gasteiger partial charge on any atom is -0.496 e. The zero-order valence-electron chi connectivity index (χ0n) is 10.5. The van der Waals surface area contributed by atoms with Gasteiger partial charge >= 0.3 is 0 Å². The molecule has 0 atom stereocenters. The van der Waals surface area contributed by atoms with Crippen LogP contribution in [0.15, 0.2) is 17.0 Å². The van der Waals surface area contributed by atoms with Gasteiger partial charge in [0.05, 0.1) is 17.8 Å². The number of hydrogen-bond acceptors (Lipinski definition) is 4. The molecule has 0 spiro atoms. The third-order valence-corrected chi connectivity index (χ3v) is 4.39. The molecule has 0 aliphatic heterocycles. The molecule has 1 aromatic carbocycles. The van der Waals surface area contributed by atoms with Crippen molar-refractivity contribution in [3.63, 3.8) is 0 Å². The lowest BCUT2D eigenvalue weighted by atomic mass is 10.1. The first-order valence-electron chi connectivity index (χ1n) is 5.50. The van der Waals surface area contributed by atoms with E-state index in [9.17, 15) is 8.42 Å². The van der Waals surface area contributed by atoms with Crippen LogP contribution in [0.4, 0.5) is 0 Å². The molecule has 0 amide bonds. The summed E-state index contributed by atoms with van der Waals surface area (Å²) >= 11 is 0. The van der Waals surface area contributed by atoms with Gasteiger partial charge in [0.15, 0.2) is 9.84 Å². The van der Waals surface area contributed by atoms with E-state index in [1.54, 1.807) is 19.2 Å². The molecule has 0 saturated carbocycles. The molecule has 17 heavy (non-hydrogen) atoms. The Morgan fingerprint density at radius 3 is 2.18 bits per heavy atom. The first kappa shape index (κ1) is 14.0. The Bertz CT molecular complexity index is 471. The van der Waals surface area contributed by atoms with E-state index in [1.807, 2.05) is 13.8 Å². The van der Waals surface area contributed by atoms with E-state index < -0.39 is 9.84 Å². The molecule has 96 valence electrons. The van der Waals surface area contributed by atoms with Gasteiger partial charge in [0.25, 0.3) is 0 Å². The summed E-state index contributed by atoms with van der Waals surface area (Å²) in [7, 11) is -1.65. The van der Waals surface area contributed by atoms with Gasteiger partial charge < -0.3 is 10.5 Å². The molecule has 0 saturated heterocycles. The van der Waals surface area contributed by atoms with Crippen molar-refractivity contribution in [1.29, 1.82) is 0 Å². The Kier molecular flexibility index (Phi) is 4.54. The molecule has 5 heteroatoms. The van der Waals surface area contributed by atoms with Crippen LogP contribution in [0.3, 0.4) is 0 Å². The van der Waals surface area contributed by atoms with Crippen LogP contribution in [-0.4, -0.2) is 27.8 Å². The highest BCUT2D eigenvalue weighted by Gasteiger charge is 2.16. The average molecular weight is 257 g/mol. The summed E-state index contributed by atoms with van der Waals surface area (Å²) in [6.45, 7) is 4.06. The van der Waals surface area contributed by atoms with Gasteiger partial charge in [-0.2, -0.15) is 0 Å². The van der Waals surface area contributed by atoms with E-state index >= 15 is 0 Å². The molecule has 0 fully saturated rings. The van der Waals surface area contributed by atoms with Gasteiger partial charge in [-0.1, -0.05) is 0 Å². The maximum Gasteiger partial charge on any atom is 0.178 e. The van der Waals surface area contributed by atoms with Crippen LogP contribution < -0.4 is 10.5 Å². The van der Waals surface area contributed by atoms with E-state index in [2.05, 4.69) is 0 Å². The van der Waals surface area contributed by atoms with Gasteiger partial charge in [0.1, 0.15) is 5.75 Å². The Morgan fingerprint density at radius 2 is 1.76 bits per heavy atom. The molecule has 0 unspecified atom stereocenters. The lowest BCUT2D eigenvalue weighted by molar-refractivity contribution is 0.408. The van der Waals surface area contributed by atoms with Crippen molar-refractivity contribution in [3.8, 4) is 5.75 Å². The van der Waals surface area contributed by atoms with Crippen LogP contribution in [0.25, 0.3) is 0 Å². The van der Waals surface area contributed by atoms with Crippen molar-refractivity contribution in [3.05, 3.63) is 23.3 Å². The number of hydrogen-bond donors (Lipinski definition) is 1. The number of nitrogens with two attached hydrogens (primary N) is 1. The van der Waals surface area contributed by atoms with Gasteiger partial charge in [-0.3, -0.25) is 0 Å². The Morgan fingerprint density at radius 1 is 1.24 bits per heavy atom. The van der Waals surface area contributed by atoms with E-state index in [0.29, 0.717) is 17.9 Å². The summed E-state index contributed by atoms with van der Waals surface area (Å²) < 4.78 is 29.2. The van der Waals surface area contributed by atoms with Gasteiger partial charge in [-0.05, 0) is 50.1 Å². The molecule has 0 aromatic heterocycles. The monoisotopic (exact) mass is 257 g/mol. The van der Waals surface area contributed by atoms with Crippen LogP contribution in [-0.2, 0) is 9.84 Å². The number of aryl methyl sites for hydroxylation is 2. The van der Waals surface area contributed by atoms with Gasteiger partial charge in [0.2, 0.25) is 0 Å². The molecule has 4 nitrogen and oxygen atoms in total. The highest BCUT2D eigenvalue weighted by molar-refractivity contribution is 7.91. The van der Waals surface area contributed by atoms with Crippen molar-refractivity contribution >= 4 is 9.84 Å². The van der Waals surface area contributed by atoms with Crippen molar-refractivity contribution in [1.82, 2.24) is 0 Å². The molecule has 1 aromatic rings. The second kappa shape index (κ2) is 5.51. The molecule has 0 aliphatic carbocycles. The molecular weight excluding hydrogens is 238 g/mol. The fraction of sp³-hybridized carbons (Fsp3) is 0.500. The van der Waals surface area contributed by atoms with Crippen molar-refractivity contribution in [2.75, 3.05) is 19.4 Å². The maximum absolute atomic E-state index is 12.0. The lowest BCUT2D eigenvalue weighted by Gasteiger charge is -2.11. The summed E-state index contributed by atoms with van der Waals surface area (Å²) in [4.78, 5) is 0.349. The standard InChI is InChI=1S/C12H19NO3S/c1-9-7-11(8-10(2)12(9)16-3)17(14,15)6-4-5-13/h7-8H,4-6,13H2,1-3H3. The summed E-state index contributed by atoms with van der Waals surface area (Å²) in [6.07, 6.45) is 0.479. The summed E-state index contributed by atoms with van der Waals surface area (Å²) in [6, 6.07) is 3.30. The molecule has 0 bridgehead atoms. The Labute approximate surface area is 103 Å². The van der Waals surface area contributed by atoms with Crippen LogP contribution >= 0.6 is 0 Å². The number of ether oxygens (including phenoxy) is 1. The summed E-state index contributed by atoms with van der Waals surface area (Å²) in [5.41, 5.74) is 7.00. The number of sulfone groups is 1. The minimum atomic E-state index is -3.23. The summed E-state index contributed by atoms with van der Waals surface area (Å²) in [5.74, 6) is 0.831. The molecule has 2 N–H and O–H groups in total. The second-order valence-electron chi connectivity index (χ2n) is 4.05. The van der Waals surface area contributed by atoms with E-state index in [4.69, 9.17) is 10.5 Å². The molecule has 0 radical (unpaired) electrons. The normalized spacial score (nSPS) is 11.5.